The maximum atomic E-state index is 11.9. The van der Waals surface area contributed by atoms with Crippen molar-refractivity contribution in [3.05, 3.63) is 30.2 Å². The second-order valence-corrected chi connectivity index (χ2v) is 6.54. The van der Waals surface area contributed by atoms with E-state index in [1.807, 2.05) is 28.8 Å². The van der Waals surface area contributed by atoms with Crippen molar-refractivity contribution in [1.29, 1.82) is 0 Å². The van der Waals surface area contributed by atoms with Gasteiger partial charge in [0.2, 0.25) is 5.91 Å². The zero-order chi connectivity index (χ0) is 15.9. The van der Waals surface area contributed by atoms with Gasteiger partial charge in [0.15, 0.2) is 5.65 Å². The number of amides is 1. The lowest BCUT2D eigenvalue weighted by molar-refractivity contribution is -0.121. The fraction of sp³-hybridized carbons (Fsp3) is 0.611. The predicted molar refractivity (Wildman–Crippen MR) is 90.1 cm³/mol. The zero-order valence-electron chi connectivity index (χ0n) is 13.7. The molecule has 1 aliphatic carbocycles. The second kappa shape index (κ2) is 8.09. The molecular weight excluding hydrogens is 288 g/mol. The number of fused-ring (bicyclic) bond motifs is 1. The molecule has 5 nitrogen and oxygen atoms in total. The average Bonchev–Trinajstić information content (AvgIpc) is 3.01. The fourth-order valence-corrected chi connectivity index (χ4v) is 3.44. The molecule has 1 amide bonds. The van der Waals surface area contributed by atoms with Crippen LogP contribution in [0.2, 0.25) is 0 Å². The third-order valence-corrected chi connectivity index (χ3v) is 4.79. The van der Waals surface area contributed by atoms with Gasteiger partial charge in [-0.25, -0.2) is 0 Å². The maximum Gasteiger partial charge on any atom is 0.220 e. The van der Waals surface area contributed by atoms with Crippen LogP contribution in [0.4, 0.5) is 0 Å². The average molecular weight is 314 g/mol. The van der Waals surface area contributed by atoms with Crippen LogP contribution in [-0.2, 0) is 11.2 Å². The minimum absolute atomic E-state index is 0.196. The number of carbonyl (C=O) groups excluding carboxylic acids is 1. The summed E-state index contributed by atoms with van der Waals surface area (Å²) in [4.78, 5) is 11.9. The molecule has 1 N–H and O–H groups in total. The topological polar surface area (TPSA) is 59.3 Å². The summed E-state index contributed by atoms with van der Waals surface area (Å²) in [5.41, 5.74) is 0.874. The molecule has 1 aliphatic rings. The maximum absolute atomic E-state index is 11.9. The van der Waals surface area contributed by atoms with Crippen LogP contribution in [0.25, 0.3) is 5.65 Å². The van der Waals surface area contributed by atoms with E-state index >= 15 is 0 Å². The number of hydrogen-bond donors (Lipinski definition) is 1. The summed E-state index contributed by atoms with van der Waals surface area (Å²) in [5.74, 6) is 1.93. The number of rotatable bonds is 7. The van der Waals surface area contributed by atoms with E-state index in [-0.39, 0.29) is 5.91 Å². The van der Waals surface area contributed by atoms with Crippen molar-refractivity contribution in [2.45, 2.75) is 57.8 Å². The van der Waals surface area contributed by atoms with E-state index in [0.717, 1.165) is 36.7 Å². The first-order valence-corrected chi connectivity index (χ1v) is 8.88. The molecule has 0 atom stereocenters. The Morgan fingerprint density at radius 3 is 2.96 bits per heavy atom. The van der Waals surface area contributed by atoms with E-state index in [4.69, 9.17) is 0 Å². The Kier molecular flexibility index (Phi) is 5.61. The molecule has 0 aliphatic heterocycles. The minimum atomic E-state index is 0.196. The smallest absolute Gasteiger partial charge is 0.220 e. The highest BCUT2D eigenvalue weighted by Crippen LogP contribution is 2.27. The highest BCUT2D eigenvalue weighted by molar-refractivity contribution is 5.75. The molecule has 1 saturated carbocycles. The number of aryl methyl sites for hydroxylation is 1. The zero-order valence-corrected chi connectivity index (χ0v) is 13.7. The van der Waals surface area contributed by atoms with Gasteiger partial charge in [-0.3, -0.25) is 9.20 Å². The Balaban J connectivity index is 1.34. The number of pyridine rings is 1. The first-order valence-electron chi connectivity index (χ1n) is 8.88. The van der Waals surface area contributed by atoms with E-state index < -0.39 is 0 Å². The third kappa shape index (κ3) is 4.53. The van der Waals surface area contributed by atoms with Crippen LogP contribution in [0.1, 0.15) is 57.2 Å². The Morgan fingerprint density at radius 2 is 2.09 bits per heavy atom. The quantitative estimate of drug-likeness (QED) is 0.799. The molecule has 0 radical (unpaired) electrons. The lowest BCUT2D eigenvalue weighted by Crippen LogP contribution is -2.25. The summed E-state index contributed by atoms with van der Waals surface area (Å²) in [7, 11) is 0. The molecular formula is C18H26N4O. The van der Waals surface area contributed by atoms with Gasteiger partial charge in [0, 0.05) is 25.6 Å². The molecule has 23 heavy (non-hydrogen) atoms. The number of nitrogens with one attached hydrogen (secondary N) is 1. The van der Waals surface area contributed by atoms with Crippen molar-refractivity contribution in [2.75, 3.05) is 6.54 Å². The van der Waals surface area contributed by atoms with E-state index in [2.05, 4.69) is 15.5 Å². The molecule has 0 aromatic carbocycles. The van der Waals surface area contributed by atoms with Gasteiger partial charge in [0.05, 0.1) is 0 Å². The fourth-order valence-electron chi connectivity index (χ4n) is 3.44. The van der Waals surface area contributed by atoms with Crippen LogP contribution in [0.3, 0.4) is 0 Å². The van der Waals surface area contributed by atoms with Gasteiger partial charge < -0.3 is 5.32 Å². The van der Waals surface area contributed by atoms with Gasteiger partial charge in [-0.15, -0.1) is 10.2 Å². The van der Waals surface area contributed by atoms with Gasteiger partial charge >= 0.3 is 0 Å². The van der Waals surface area contributed by atoms with Crippen LogP contribution in [0.15, 0.2) is 24.4 Å². The Morgan fingerprint density at radius 1 is 1.22 bits per heavy atom. The minimum Gasteiger partial charge on any atom is -0.356 e. The highest BCUT2D eigenvalue weighted by Gasteiger charge is 2.14. The van der Waals surface area contributed by atoms with Crippen molar-refractivity contribution in [3.63, 3.8) is 0 Å². The van der Waals surface area contributed by atoms with Crippen LogP contribution >= 0.6 is 0 Å². The molecule has 3 rings (SSSR count). The lowest BCUT2D eigenvalue weighted by Gasteiger charge is -2.20. The first kappa shape index (κ1) is 16.0. The number of nitrogens with zero attached hydrogens (tertiary/aromatic N) is 3. The third-order valence-electron chi connectivity index (χ3n) is 4.79. The van der Waals surface area contributed by atoms with E-state index in [1.54, 1.807) is 0 Å². The largest absolute Gasteiger partial charge is 0.356 e. The first-order chi connectivity index (χ1) is 11.3. The molecule has 0 spiro atoms. The molecule has 2 aromatic rings. The van der Waals surface area contributed by atoms with Crippen molar-refractivity contribution >= 4 is 11.6 Å². The Hall–Kier alpha value is -1.91. The predicted octanol–water partition coefficient (Wildman–Crippen LogP) is 3.14. The van der Waals surface area contributed by atoms with Crippen LogP contribution in [0, 0.1) is 5.92 Å². The summed E-state index contributed by atoms with van der Waals surface area (Å²) in [6, 6.07) is 5.89. The SMILES string of the molecule is O=C(CCC1CCCCC1)NCCCc1nnc2ccccn12. The van der Waals surface area contributed by atoms with Crippen LogP contribution in [-0.4, -0.2) is 27.0 Å². The summed E-state index contributed by atoms with van der Waals surface area (Å²) in [6.45, 7) is 0.714. The molecule has 1 fully saturated rings. The summed E-state index contributed by atoms with van der Waals surface area (Å²) < 4.78 is 2.00. The monoisotopic (exact) mass is 314 g/mol. The standard InChI is InChI=1S/C18H26N4O/c23-18(12-11-15-7-2-1-3-8-15)19-13-6-10-17-21-20-16-9-4-5-14-22(16)17/h4-5,9,14-15H,1-3,6-8,10-13H2,(H,19,23). The molecule has 0 bridgehead atoms. The number of hydrogen-bond acceptors (Lipinski definition) is 3. The molecule has 124 valence electrons. The van der Waals surface area contributed by atoms with E-state index in [0.29, 0.717) is 13.0 Å². The second-order valence-electron chi connectivity index (χ2n) is 6.54. The van der Waals surface area contributed by atoms with Gasteiger partial charge in [-0.1, -0.05) is 38.2 Å². The van der Waals surface area contributed by atoms with Crippen LogP contribution in [0.5, 0.6) is 0 Å². The van der Waals surface area contributed by atoms with E-state index in [1.165, 1.54) is 32.1 Å². The van der Waals surface area contributed by atoms with Crippen molar-refractivity contribution in [2.24, 2.45) is 5.92 Å². The number of carbonyl (C=O) groups is 1. The lowest BCUT2D eigenvalue weighted by atomic mass is 9.86. The van der Waals surface area contributed by atoms with Gasteiger partial charge in [0.1, 0.15) is 5.82 Å². The normalized spacial score (nSPS) is 15.8. The van der Waals surface area contributed by atoms with Crippen molar-refractivity contribution in [1.82, 2.24) is 19.9 Å². The van der Waals surface area contributed by atoms with Crippen molar-refractivity contribution in [3.8, 4) is 0 Å². The van der Waals surface area contributed by atoms with E-state index in [9.17, 15) is 4.79 Å². The Bertz CT molecular complexity index is 631. The summed E-state index contributed by atoms with van der Waals surface area (Å²) in [6.07, 6.45) is 12.1. The van der Waals surface area contributed by atoms with Crippen LogP contribution < -0.4 is 5.32 Å². The number of aromatic nitrogens is 3. The Labute approximate surface area is 137 Å². The molecule has 2 heterocycles. The van der Waals surface area contributed by atoms with Gasteiger partial charge in [-0.05, 0) is 30.9 Å². The molecule has 5 heteroatoms. The summed E-state index contributed by atoms with van der Waals surface area (Å²) >= 11 is 0. The van der Waals surface area contributed by atoms with Gasteiger partial charge in [0.25, 0.3) is 0 Å². The molecule has 0 unspecified atom stereocenters. The highest BCUT2D eigenvalue weighted by atomic mass is 16.1. The molecule has 2 aromatic heterocycles. The molecule has 0 saturated heterocycles. The van der Waals surface area contributed by atoms with Gasteiger partial charge in [-0.2, -0.15) is 0 Å². The summed E-state index contributed by atoms with van der Waals surface area (Å²) in [5, 5.41) is 11.4. The van der Waals surface area contributed by atoms with Crippen molar-refractivity contribution < 1.29 is 4.79 Å².